The van der Waals surface area contributed by atoms with E-state index in [-0.39, 0.29) is 35.7 Å². The Hall–Kier alpha value is -3.63. The summed E-state index contributed by atoms with van der Waals surface area (Å²) in [5, 5.41) is 23.7. The van der Waals surface area contributed by atoms with Gasteiger partial charge in [0.25, 0.3) is 0 Å². The molecule has 4 N–H and O–H groups in total. The summed E-state index contributed by atoms with van der Waals surface area (Å²) in [6.07, 6.45) is 2.65. The van der Waals surface area contributed by atoms with Crippen molar-refractivity contribution in [2.75, 3.05) is 25.9 Å². The molecule has 1 aromatic carbocycles. The first-order valence-corrected chi connectivity index (χ1v) is 21.8. The molecule has 59 heavy (non-hydrogen) atoms. The first kappa shape index (κ1) is 44.9. The molecule has 3 saturated heterocycles. The fourth-order valence-electron chi connectivity index (χ4n) is 9.82. The van der Waals surface area contributed by atoms with Crippen LogP contribution in [0.2, 0.25) is 0 Å². The number of Topliss-reactive ketones (excluding diaryl/α,β-unsaturated/α-hetero) is 1. The Morgan fingerprint density at radius 1 is 1.07 bits per heavy atom. The number of aliphatic hydroxyl groups is 1. The van der Waals surface area contributed by atoms with Gasteiger partial charge >= 0.3 is 12.1 Å². The van der Waals surface area contributed by atoms with Crippen molar-refractivity contribution < 1.29 is 43.2 Å². The van der Waals surface area contributed by atoms with Crippen molar-refractivity contribution in [3.63, 3.8) is 0 Å². The summed E-state index contributed by atoms with van der Waals surface area (Å²) in [5.74, 6) is -2.84. The molecule has 0 bridgehead atoms. The summed E-state index contributed by atoms with van der Waals surface area (Å²) in [4.78, 5) is 44.3. The van der Waals surface area contributed by atoms with Gasteiger partial charge in [-0.3, -0.25) is 19.2 Å². The number of cyclic esters (lactones) is 1. The van der Waals surface area contributed by atoms with Gasteiger partial charge in [-0.05, 0) is 109 Å². The molecule has 15 heteroatoms. The number of nitrogen functional groups attached to an aromatic ring is 1. The number of fused-ring (bicyclic) bond motifs is 1. The molecule has 3 unspecified atom stereocenters. The number of methoxy groups -OCH3 is 1. The third-order valence-corrected chi connectivity index (χ3v) is 13.4. The molecule has 2 aromatic rings. The largest absolute Gasteiger partial charge is 0.458 e. The van der Waals surface area contributed by atoms with E-state index < -0.39 is 65.7 Å². The summed E-state index contributed by atoms with van der Waals surface area (Å²) >= 11 is 0. The molecule has 6 rings (SSSR count). The van der Waals surface area contributed by atoms with Gasteiger partial charge in [0, 0.05) is 43.4 Å². The lowest BCUT2D eigenvalue weighted by molar-refractivity contribution is -0.294. The van der Waals surface area contributed by atoms with Crippen LogP contribution in [0.3, 0.4) is 0 Å². The number of carbonyl (C=O) groups excluding carboxylic acids is 3. The maximum atomic E-state index is 14.4. The molecule has 328 valence electrons. The Bertz CT molecular complexity index is 1770. The summed E-state index contributed by atoms with van der Waals surface area (Å²) in [5.41, 5.74) is 6.05. The average Bonchev–Trinajstić information content (AvgIpc) is 3.87. The van der Waals surface area contributed by atoms with Crippen molar-refractivity contribution in [1.29, 1.82) is 0 Å². The fourth-order valence-corrected chi connectivity index (χ4v) is 9.82. The first-order chi connectivity index (χ1) is 28.0. The lowest BCUT2D eigenvalue weighted by Crippen LogP contribution is -2.62. The minimum absolute atomic E-state index is 0.0182. The quantitative estimate of drug-likeness (QED) is 0.114. The molecular formula is C44H68N6O9. The molecule has 1 amide bonds. The number of nitrogens with two attached hydrogens (primary N) is 1. The van der Waals surface area contributed by atoms with E-state index in [9.17, 15) is 19.5 Å². The number of amides is 1. The third kappa shape index (κ3) is 9.80. The highest BCUT2D eigenvalue weighted by Gasteiger charge is 2.61. The van der Waals surface area contributed by atoms with Gasteiger partial charge in [-0.1, -0.05) is 45.0 Å². The first-order valence-electron chi connectivity index (χ1n) is 21.8. The number of aryl methyl sites for hydroxylation is 1. The normalized spacial score (nSPS) is 37.6. The number of unbranched alkanes of at least 4 members (excludes halogenated alkanes) is 1. The zero-order valence-electron chi connectivity index (χ0n) is 36.5. The van der Waals surface area contributed by atoms with E-state index in [0.717, 1.165) is 30.5 Å². The molecule has 15 nitrogen and oxygen atoms in total. The number of carbonyl (C=O) groups is 3. The van der Waals surface area contributed by atoms with E-state index in [1.165, 1.54) is 0 Å². The molecule has 4 aliphatic rings. The van der Waals surface area contributed by atoms with Gasteiger partial charge in [0.15, 0.2) is 17.7 Å². The number of esters is 1. The van der Waals surface area contributed by atoms with E-state index in [0.29, 0.717) is 51.0 Å². The van der Waals surface area contributed by atoms with E-state index >= 15 is 0 Å². The summed E-state index contributed by atoms with van der Waals surface area (Å²) in [6, 6.07) is 6.92. The maximum Gasteiger partial charge on any atom is 0.410 e. The van der Waals surface area contributed by atoms with Gasteiger partial charge in [-0.25, -0.2) is 4.79 Å². The monoisotopic (exact) mass is 825 g/mol. The van der Waals surface area contributed by atoms with Crippen LogP contribution in [-0.2, 0) is 39.8 Å². The molecule has 13 atom stereocenters. The Morgan fingerprint density at radius 2 is 1.80 bits per heavy atom. The Balaban J connectivity index is 1.25. The molecular weight excluding hydrogens is 757 g/mol. The number of ketones is 1. The Kier molecular flexibility index (Phi) is 14.1. The van der Waals surface area contributed by atoms with Crippen molar-refractivity contribution in [2.45, 2.75) is 161 Å². The Morgan fingerprint density at radius 3 is 2.47 bits per heavy atom. The smallest absolute Gasteiger partial charge is 0.410 e. The molecule has 4 fully saturated rings. The molecule has 4 heterocycles. The molecule has 1 aromatic heterocycles. The molecule has 1 saturated carbocycles. The third-order valence-electron chi connectivity index (χ3n) is 13.4. The average molecular weight is 825 g/mol. The molecule has 3 aliphatic heterocycles. The minimum Gasteiger partial charge on any atom is -0.458 e. The van der Waals surface area contributed by atoms with Gasteiger partial charge in [-0.2, -0.15) is 0 Å². The number of nitrogens with zero attached hydrogens (tertiary/aromatic N) is 4. The maximum absolute atomic E-state index is 14.4. The summed E-state index contributed by atoms with van der Waals surface area (Å²) in [7, 11) is 1.61. The van der Waals surface area contributed by atoms with Crippen molar-refractivity contribution in [2.24, 2.45) is 29.6 Å². The van der Waals surface area contributed by atoms with Crippen LogP contribution in [0.1, 0.15) is 100 Å². The standard InChI is InChI=1S/C44H68N6O9/c1-10-34-44(8)38(50(42(54)59-44)19-12-11-18-49-24-33(47-48-49)31-14-13-15-32(45)21-31)35(30-16-17-30)46-23-25(2)22-43(7,55-9)39(28(5)37(52)29(6)40(53)57-34)58-41-36(51)26(3)20-27(4)56-41/h13-15,21,24-30,34-36,38-39,41,46,51H,10-12,16-20,22-23,45H2,1-9H3/t25-,26?,27?,28+,29-,34-,35-,36?,38-,39-,41+,43-,44-/m1/s1. The van der Waals surface area contributed by atoms with E-state index in [2.05, 4.69) is 22.6 Å². The van der Waals surface area contributed by atoms with Crippen molar-refractivity contribution in [3.8, 4) is 11.3 Å². The molecule has 0 radical (unpaired) electrons. The van der Waals surface area contributed by atoms with Crippen LogP contribution in [0.4, 0.5) is 10.5 Å². The van der Waals surface area contributed by atoms with Gasteiger partial charge in [0.2, 0.25) is 0 Å². The minimum atomic E-state index is -1.20. The number of aliphatic hydroxyl groups excluding tert-OH is 1. The number of benzene rings is 1. The lowest BCUT2D eigenvalue weighted by atomic mass is 9.78. The van der Waals surface area contributed by atoms with E-state index in [1.807, 2.05) is 70.0 Å². The zero-order chi connectivity index (χ0) is 42.8. The number of nitrogens with one attached hydrogen (secondary N) is 1. The number of hydrogen-bond donors (Lipinski definition) is 3. The highest BCUT2D eigenvalue weighted by atomic mass is 16.7. The van der Waals surface area contributed by atoms with Crippen molar-refractivity contribution >= 4 is 23.5 Å². The number of aromatic nitrogens is 3. The number of anilines is 1. The van der Waals surface area contributed by atoms with Crippen LogP contribution in [0, 0.1) is 29.6 Å². The van der Waals surface area contributed by atoms with Crippen LogP contribution in [0.5, 0.6) is 0 Å². The number of hydrogen-bond acceptors (Lipinski definition) is 13. The van der Waals surface area contributed by atoms with Crippen LogP contribution < -0.4 is 11.1 Å². The lowest BCUT2D eigenvalue weighted by Gasteiger charge is -2.45. The van der Waals surface area contributed by atoms with Gasteiger partial charge < -0.3 is 39.8 Å². The topological polar surface area (TPSA) is 190 Å². The fraction of sp³-hybridized carbons (Fsp3) is 0.750. The highest BCUT2D eigenvalue weighted by Crippen LogP contribution is 2.45. The van der Waals surface area contributed by atoms with Gasteiger partial charge in [0.1, 0.15) is 23.8 Å². The second-order valence-corrected chi connectivity index (χ2v) is 18.3. The summed E-state index contributed by atoms with van der Waals surface area (Å²) in [6.45, 7) is 16.6. The summed E-state index contributed by atoms with van der Waals surface area (Å²) < 4.78 is 33.4. The number of ether oxygens (including phenoxy) is 5. The van der Waals surface area contributed by atoms with E-state index in [1.54, 1.807) is 25.6 Å². The predicted molar refractivity (Wildman–Crippen MR) is 221 cm³/mol. The van der Waals surface area contributed by atoms with Crippen LogP contribution in [-0.4, -0.2) is 117 Å². The van der Waals surface area contributed by atoms with Gasteiger partial charge in [0.05, 0.1) is 30.0 Å². The highest BCUT2D eigenvalue weighted by molar-refractivity contribution is 6.00. The second-order valence-electron chi connectivity index (χ2n) is 18.3. The van der Waals surface area contributed by atoms with Crippen LogP contribution in [0.15, 0.2) is 30.5 Å². The molecule has 1 aliphatic carbocycles. The predicted octanol–water partition coefficient (Wildman–Crippen LogP) is 5.38. The van der Waals surface area contributed by atoms with Crippen molar-refractivity contribution in [3.05, 3.63) is 30.5 Å². The van der Waals surface area contributed by atoms with Crippen LogP contribution >= 0.6 is 0 Å². The van der Waals surface area contributed by atoms with Crippen molar-refractivity contribution in [1.82, 2.24) is 25.2 Å². The second kappa shape index (κ2) is 18.6. The van der Waals surface area contributed by atoms with Crippen LogP contribution in [0.25, 0.3) is 11.3 Å². The molecule has 0 spiro atoms. The Labute approximate surface area is 349 Å². The van der Waals surface area contributed by atoms with Gasteiger partial charge in [-0.15, -0.1) is 5.10 Å². The SMILES string of the molecule is CC[C@H]1OC(=O)[C@H](C)C(=O)[C@H](C)[C@@H](O[C@@H]2OC(C)CC(C)C2O)[C@](C)(OC)C[C@@H](C)CN[C@H](C2CC2)[C@H]2N(CCCCn3cc(-c4cccc(N)c4)nn3)C(=O)O[C@]12C. The van der Waals surface area contributed by atoms with E-state index in [4.69, 9.17) is 29.4 Å². The zero-order valence-corrected chi connectivity index (χ0v) is 36.5. The number of rotatable bonds is 11.